The second kappa shape index (κ2) is 11.1. The number of ether oxygens (including phenoxy) is 2. The molecule has 0 saturated carbocycles. The van der Waals surface area contributed by atoms with Gasteiger partial charge in [-0.1, -0.05) is 53.7 Å². The van der Waals surface area contributed by atoms with Gasteiger partial charge in [-0.05, 0) is 42.0 Å². The molecular weight excluding hydrogens is 472 g/mol. The third-order valence-corrected chi connectivity index (χ3v) is 6.23. The molecule has 0 bridgehead atoms. The summed E-state index contributed by atoms with van der Waals surface area (Å²) in [7, 11) is 3.12. The van der Waals surface area contributed by atoms with Gasteiger partial charge in [-0.25, -0.2) is 0 Å². The summed E-state index contributed by atoms with van der Waals surface area (Å²) in [5, 5.41) is 12.9. The summed E-state index contributed by atoms with van der Waals surface area (Å²) in [6.07, 6.45) is 0. The molecule has 34 heavy (non-hydrogen) atoms. The molecule has 4 aromatic rings. The van der Waals surface area contributed by atoms with Crippen LogP contribution >= 0.6 is 23.4 Å². The van der Waals surface area contributed by atoms with Crippen LogP contribution in [0.1, 0.15) is 5.56 Å². The Morgan fingerprint density at radius 1 is 1.00 bits per heavy atom. The predicted molar refractivity (Wildman–Crippen MR) is 135 cm³/mol. The summed E-state index contributed by atoms with van der Waals surface area (Å²) >= 11 is 7.37. The first-order valence-corrected chi connectivity index (χ1v) is 11.8. The Hall–Kier alpha value is -3.49. The van der Waals surface area contributed by atoms with E-state index in [-0.39, 0.29) is 11.7 Å². The van der Waals surface area contributed by atoms with Crippen LogP contribution in [0.25, 0.3) is 11.4 Å². The number of hydrogen-bond acceptors (Lipinski definition) is 6. The van der Waals surface area contributed by atoms with Gasteiger partial charge in [0.25, 0.3) is 0 Å². The highest BCUT2D eigenvalue weighted by Gasteiger charge is 2.17. The number of nitrogens with one attached hydrogen (secondary N) is 1. The van der Waals surface area contributed by atoms with E-state index in [0.29, 0.717) is 39.7 Å². The zero-order valence-corrected chi connectivity index (χ0v) is 20.3. The normalized spacial score (nSPS) is 10.7. The Balaban J connectivity index is 1.54. The van der Waals surface area contributed by atoms with Gasteiger partial charge in [0.15, 0.2) is 11.0 Å². The topological polar surface area (TPSA) is 78.3 Å². The van der Waals surface area contributed by atoms with Crippen LogP contribution in [-0.2, 0) is 11.3 Å². The molecule has 9 heteroatoms. The van der Waals surface area contributed by atoms with E-state index in [1.54, 1.807) is 32.4 Å². The van der Waals surface area contributed by atoms with Gasteiger partial charge in [0.05, 0.1) is 32.2 Å². The van der Waals surface area contributed by atoms with Crippen LogP contribution in [0.2, 0.25) is 5.02 Å². The number of carbonyl (C=O) groups excluding carboxylic acids is 1. The van der Waals surface area contributed by atoms with E-state index in [9.17, 15) is 4.79 Å². The molecule has 1 N–H and O–H groups in total. The standard InChI is InChI=1S/C25H23ClN4O3S/c1-32-20-12-13-22(33-2)21(14-20)27-23(31)16-34-25-29-28-24(18-8-10-19(26)11-9-18)30(25)15-17-6-4-3-5-7-17/h3-14H,15-16H2,1-2H3,(H,27,31). The van der Waals surface area contributed by atoms with Gasteiger partial charge in [0.2, 0.25) is 5.91 Å². The predicted octanol–water partition coefficient (Wildman–Crippen LogP) is 5.39. The molecule has 0 radical (unpaired) electrons. The number of amides is 1. The minimum atomic E-state index is -0.196. The van der Waals surface area contributed by atoms with Gasteiger partial charge in [-0.2, -0.15) is 0 Å². The van der Waals surface area contributed by atoms with Crippen LogP contribution in [0.3, 0.4) is 0 Å². The first-order valence-electron chi connectivity index (χ1n) is 10.4. The van der Waals surface area contributed by atoms with Crippen molar-refractivity contribution in [2.24, 2.45) is 0 Å². The lowest BCUT2D eigenvalue weighted by atomic mass is 10.2. The van der Waals surface area contributed by atoms with Gasteiger partial charge in [-0.15, -0.1) is 10.2 Å². The molecule has 1 aromatic heterocycles. The number of methoxy groups -OCH3 is 2. The zero-order valence-electron chi connectivity index (χ0n) is 18.7. The first kappa shape index (κ1) is 23.7. The van der Waals surface area contributed by atoms with Gasteiger partial charge in [-0.3, -0.25) is 9.36 Å². The lowest BCUT2D eigenvalue weighted by molar-refractivity contribution is -0.113. The molecule has 0 aliphatic heterocycles. The molecule has 4 rings (SSSR count). The SMILES string of the molecule is COc1ccc(OC)c(NC(=O)CSc2nnc(-c3ccc(Cl)cc3)n2Cc2ccccc2)c1. The molecule has 0 unspecified atom stereocenters. The van der Waals surface area contributed by atoms with Gasteiger partial charge < -0.3 is 14.8 Å². The molecule has 1 amide bonds. The summed E-state index contributed by atoms with van der Waals surface area (Å²) < 4.78 is 12.6. The molecule has 0 saturated heterocycles. The van der Waals surface area contributed by atoms with E-state index in [1.165, 1.54) is 11.8 Å². The summed E-state index contributed by atoms with van der Waals surface area (Å²) in [6.45, 7) is 0.569. The van der Waals surface area contributed by atoms with Crippen molar-refractivity contribution in [2.45, 2.75) is 11.7 Å². The fourth-order valence-electron chi connectivity index (χ4n) is 3.34. The molecule has 0 spiro atoms. The van der Waals surface area contributed by atoms with Crippen LogP contribution in [0.5, 0.6) is 11.5 Å². The van der Waals surface area contributed by atoms with E-state index >= 15 is 0 Å². The molecule has 0 atom stereocenters. The molecule has 7 nitrogen and oxygen atoms in total. The largest absolute Gasteiger partial charge is 0.497 e. The number of thioether (sulfide) groups is 1. The highest BCUT2D eigenvalue weighted by molar-refractivity contribution is 7.99. The van der Waals surface area contributed by atoms with Crippen LogP contribution in [0, 0.1) is 0 Å². The number of hydrogen-bond donors (Lipinski definition) is 1. The summed E-state index contributed by atoms with van der Waals surface area (Å²) in [5.74, 6) is 1.83. The van der Waals surface area contributed by atoms with Crippen LogP contribution in [-0.4, -0.2) is 40.6 Å². The number of halogens is 1. The molecule has 3 aromatic carbocycles. The monoisotopic (exact) mass is 494 g/mol. The second-order valence-corrected chi connectivity index (χ2v) is 8.67. The average Bonchev–Trinajstić information content (AvgIpc) is 3.26. The lowest BCUT2D eigenvalue weighted by Gasteiger charge is -2.12. The summed E-state index contributed by atoms with van der Waals surface area (Å²) in [6, 6.07) is 22.7. The van der Waals surface area contributed by atoms with Crippen LogP contribution < -0.4 is 14.8 Å². The quantitative estimate of drug-likeness (QED) is 0.314. The van der Waals surface area contributed by atoms with Crippen molar-refractivity contribution in [3.63, 3.8) is 0 Å². The van der Waals surface area contributed by atoms with Crippen molar-refractivity contribution in [1.29, 1.82) is 0 Å². The van der Waals surface area contributed by atoms with Gasteiger partial charge >= 0.3 is 0 Å². The van der Waals surface area contributed by atoms with Crippen molar-refractivity contribution in [3.05, 3.63) is 83.4 Å². The molecule has 1 heterocycles. The minimum Gasteiger partial charge on any atom is -0.497 e. The Morgan fingerprint density at radius 3 is 2.47 bits per heavy atom. The van der Waals surface area contributed by atoms with Crippen molar-refractivity contribution in [3.8, 4) is 22.9 Å². The third kappa shape index (κ3) is 5.70. The molecule has 0 aliphatic carbocycles. The van der Waals surface area contributed by atoms with Crippen LogP contribution in [0.15, 0.2) is 78.0 Å². The number of benzene rings is 3. The maximum atomic E-state index is 12.7. The molecular formula is C25H23ClN4O3S. The van der Waals surface area contributed by atoms with Crippen molar-refractivity contribution in [2.75, 3.05) is 25.3 Å². The Kier molecular flexibility index (Phi) is 7.72. The van der Waals surface area contributed by atoms with E-state index in [2.05, 4.69) is 15.5 Å². The number of nitrogens with zero attached hydrogens (tertiary/aromatic N) is 3. The molecule has 0 fully saturated rings. The maximum absolute atomic E-state index is 12.7. The minimum absolute atomic E-state index is 0.147. The number of rotatable bonds is 9. The fourth-order valence-corrected chi connectivity index (χ4v) is 4.21. The van der Waals surface area contributed by atoms with E-state index in [4.69, 9.17) is 21.1 Å². The van der Waals surface area contributed by atoms with Gasteiger partial charge in [0, 0.05) is 16.7 Å². The Labute approximate surface area is 207 Å². The summed E-state index contributed by atoms with van der Waals surface area (Å²) in [4.78, 5) is 12.7. The second-order valence-electron chi connectivity index (χ2n) is 7.29. The van der Waals surface area contributed by atoms with E-state index in [1.807, 2.05) is 59.2 Å². The van der Waals surface area contributed by atoms with Crippen molar-refractivity contribution < 1.29 is 14.3 Å². The smallest absolute Gasteiger partial charge is 0.234 e. The maximum Gasteiger partial charge on any atom is 0.234 e. The van der Waals surface area contributed by atoms with Crippen molar-refractivity contribution >= 4 is 35.0 Å². The summed E-state index contributed by atoms with van der Waals surface area (Å²) in [5.41, 5.74) is 2.54. The zero-order chi connectivity index (χ0) is 23.9. The van der Waals surface area contributed by atoms with E-state index in [0.717, 1.165) is 11.1 Å². The van der Waals surface area contributed by atoms with Gasteiger partial charge in [0.1, 0.15) is 11.5 Å². The fraction of sp³-hybridized carbons (Fsp3) is 0.160. The Morgan fingerprint density at radius 2 is 1.76 bits per heavy atom. The highest BCUT2D eigenvalue weighted by atomic mass is 35.5. The van der Waals surface area contributed by atoms with Crippen molar-refractivity contribution in [1.82, 2.24) is 14.8 Å². The average molecular weight is 495 g/mol. The molecule has 174 valence electrons. The highest BCUT2D eigenvalue weighted by Crippen LogP contribution is 2.30. The molecule has 0 aliphatic rings. The van der Waals surface area contributed by atoms with E-state index < -0.39 is 0 Å². The lowest BCUT2D eigenvalue weighted by Crippen LogP contribution is -2.15. The number of carbonyl (C=O) groups is 1. The first-order chi connectivity index (χ1) is 16.6. The van der Waals surface area contributed by atoms with Crippen LogP contribution in [0.4, 0.5) is 5.69 Å². The number of anilines is 1. The number of aromatic nitrogens is 3. The third-order valence-electron chi connectivity index (χ3n) is 5.02. The Bertz CT molecular complexity index is 1260.